The van der Waals surface area contributed by atoms with Gasteiger partial charge in [-0.15, -0.1) is 0 Å². The van der Waals surface area contributed by atoms with Gasteiger partial charge in [-0.3, -0.25) is 0 Å². The molecule has 3 unspecified atom stereocenters. The summed E-state index contributed by atoms with van der Waals surface area (Å²) in [6, 6.07) is 0.0915. The molecule has 2 rings (SSSR count). The highest BCUT2D eigenvalue weighted by Crippen LogP contribution is 2.29. The van der Waals surface area contributed by atoms with Gasteiger partial charge in [0.25, 0.3) is 0 Å². The first-order valence-electron chi connectivity index (χ1n) is 5.47. The molecule has 0 amide bonds. The van der Waals surface area contributed by atoms with Crippen LogP contribution < -0.4 is 11.6 Å². The zero-order chi connectivity index (χ0) is 10.8. The molecule has 86 valence electrons. The fraction of sp³-hybridized carbons (Fsp3) is 0.800. The molecule has 0 saturated carbocycles. The van der Waals surface area contributed by atoms with Gasteiger partial charge in [0.2, 0.25) is 0 Å². The van der Waals surface area contributed by atoms with Crippen molar-refractivity contribution in [2.75, 3.05) is 6.61 Å². The van der Waals surface area contributed by atoms with Gasteiger partial charge in [-0.1, -0.05) is 6.92 Å². The van der Waals surface area contributed by atoms with Crippen molar-refractivity contribution in [2.24, 2.45) is 11.6 Å². The van der Waals surface area contributed by atoms with E-state index >= 15 is 0 Å². The van der Waals surface area contributed by atoms with Crippen molar-refractivity contribution in [1.29, 1.82) is 0 Å². The van der Waals surface area contributed by atoms with Crippen LogP contribution in [-0.4, -0.2) is 30.1 Å². The zero-order valence-corrected chi connectivity index (χ0v) is 9.06. The van der Waals surface area contributed by atoms with Gasteiger partial charge in [0.15, 0.2) is 6.29 Å². The van der Waals surface area contributed by atoms with E-state index in [-0.39, 0.29) is 18.4 Å². The minimum atomic E-state index is -0.186. The first-order valence-corrected chi connectivity index (χ1v) is 5.47. The van der Waals surface area contributed by atoms with E-state index in [4.69, 9.17) is 21.1 Å². The number of allylic oxidation sites excluding steroid dienone is 1. The summed E-state index contributed by atoms with van der Waals surface area (Å²) in [4.78, 5) is 0. The lowest BCUT2D eigenvalue weighted by Crippen LogP contribution is -2.47. The molecule has 5 heteroatoms. The molecule has 0 aromatic heterocycles. The first-order chi connectivity index (χ1) is 7.20. The van der Waals surface area contributed by atoms with Crippen LogP contribution in [0, 0.1) is 0 Å². The summed E-state index contributed by atoms with van der Waals surface area (Å²) in [5, 5.41) is 1.63. The van der Waals surface area contributed by atoms with Gasteiger partial charge in [0.05, 0.1) is 18.8 Å². The lowest BCUT2D eigenvalue weighted by atomic mass is 10.1. The van der Waals surface area contributed by atoms with Crippen molar-refractivity contribution >= 4 is 0 Å². The van der Waals surface area contributed by atoms with E-state index in [0.717, 1.165) is 25.0 Å². The third kappa shape index (κ3) is 2.25. The number of nitrogens with zero attached hydrogens (tertiary/aromatic N) is 1. The molecule has 5 nitrogen and oxygen atoms in total. The van der Waals surface area contributed by atoms with E-state index in [9.17, 15) is 0 Å². The second-order valence-corrected chi connectivity index (χ2v) is 4.11. The molecule has 0 radical (unpaired) electrons. The molecule has 2 heterocycles. The van der Waals surface area contributed by atoms with Gasteiger partial charge in [-0.2, -0.15) is 0 Å². The highest BCUT2D eigenvalue weighted by molar-refractivity contribution is 4.97. The van der Waals surface area contributed by atoms with Gasteiger partial charge in [0, 0.05) is 11.9 Å². The van der Waals surface area contributed by atoms with E-state index in [1.54, 1.807) is 11.2 Å². The molecule has 0 aliphatic carbocycles. The van der Waals surface area contributed by atoms with Crippen molar-refractivity contribution in [3.63, 3.8) is 0 Å². The Hall–Kier alpha value is -0.780. The van der Waals surface area contributed by atoms with Gasteiger partial charge in [0.1, 0.15) is 0 Å². The normalized spacial score (nSPS) is 35.6. The van der Waals surface area contributed by atoms with Crippen molar-refractivity contribution in [3.05, 3.63) is 11.9 Å². The third-order valence-electron chi connectivity index (χ3n) is 2.98. The maximum atomic E-state index is 5.93. The molecule has 0 aromatic rings. The van der Waals surface area contributed by atoms with Crippen LogP contribution in [0.2, 0.25) is 0 Å². The number of rotatable bonds is 3. The van der Waals surface area contributed by atoms with Crippen LogP contribution in [-0.2, 0) is 9.47 Å². The topological polar surface area (TPSA) is 73.7 Å². The van der Waals surface area contributed by atoms with E-state index < -0.39 is 0 Å². The summed E-state index contributed by atoms with van der Waals surface area (Å²) < 4.78 is 11.1. The molecule has 2 fully saturated rings. The van der Waals surface area contributed by atoms with Gasteiger partial charge >= 0.3 is 0 Å². The number of hydrazine groups is 1. The summed E-state index contributed by atoms with van der Waals surface area (Å²) >= 11 is 0. The van der Waals surface area contributed by atoms with Crippen LogP contribution in [0.4, 0.5) is 0 Å². The highest BCUT2D eigenvalue weighted by atomic mass is 16.7. The van der Waals surface area contributed by atoms with Crippen molar-refractivity contribution in [1.82, 2.24) is 5.01 Å². The molecule has 2 aliphatic heterocycles. The fourth-order valence-corrected chi connectivity index (χ4v) is 1.98. The predicted octanol–water partition coefficient (Wildman–Crippen LogP) is 0.276. The molecule has 2 aliphatic rings. The number of hydrogen-bond acceptors (Lipinski definition) is 5. The van der Waals surface area contributed by atoms with E-state index in [1.807, 2.05) is 6.92 Å². The molecular formula is C10H19N3O2. The van der Waals surface area contributed by atoms with Crippen molar-refractivity contribution < 1.29 is 9.47 Å². The van der Waals surface area contributed by atoms with Crippen LogP contribution in [0.3, 0.4) is 0 Å². The molecule has 2 bridgehead atoms. The SMILES string of the molecule is CC/C(N)=C/N(N)C1CCC2COC1O2. The van der Waals surface area contributed by atoms with Crippen LogP contribution in [0.5, 0.6) is 0 Å². The third-order valence-corrected chi connectivity index (χ3v) is 2.98. The molecule has 3 atom stereocenters. The summed E-state index contributed by atoms with van der Waals surface area (Å²) in [6.45, 7) is 2.70. The quantitative estimate of drug-likeness (QED) is 0.520. The Balaban J connectivity index is 1.98. The van der Waals surface area contributed by atoms with Gasteiger partial charge in [-0.05, 0) is 19.3 Å². The lowest BCUT2D eigenvalue weighted by Gasteiger charge is -2.33. The van der Waals surface area contributed by atoms with E-state index in [0.29, 0.717) is 6.61 Å². The summed E-state index contributed by atoms with van der Waals surface area (Å²) in [5.74, 6) is 5.93. The average Bonchev–Trinajstić information content (AvgIpc) is 2.60. The maximum absolute atomic E-state index is 5.93. The Morgan fingerprint density at radius 2 is 2.33 bits per heavy atom. The Morgan fingerprint density at radius 1 is 1.53 bits per heavy atom. The van der Waals surface area contributed by atoms with E-state index in [1.165, 1.54) is 0 Å². The smallest absolute Gasteiger partial charge is 0.179 e. The second kappa shape index (κ2) is 4.38. The highest BCUT2D eigenvalue weighted by Gasteiger charge is 2.39. The minimum Gasteiger partial charge on any atom is -0.401 e. The van der Waals surface area contributed by atoms with Crippen LogP contribution in [0.1, 0.15) is 26.2 Å². The van der Waals surface area contributed by atoms with Crippen molar-refractivity contribution in [3.8, 4) is 0 Å². The largest absolute Gasteiger partial charge is 0.401 e. The molecule has 2 saturated heterocycles. The maximum Gasteiger partial charge on any atom is 0.179 e. The predicted molar refractivity (Wildman–Crippen MR) is 56.2 cm³/mol. The summed E-state index contributed by atoms with van der Waals surface area (Å²) in [7, 11) is 0. The van der Waals surface area contributed by atoms with E-state index in [2.05, 4.69) is 0 Å². The fourth-order valence-electron chi connectivity index (χ4n) is 1.98. The van der Waals surface area contributed by atoms with Crippen LogP contribution in [0.15, 0.2) is 11.9 Å². The number of nitrogens with two attached hydrogens (primary N) is 2. The minimum absolute atomic E-state index is 0.0915. The second-order valence-electron chi connectivity index (χ2n) is 4.11. The van der Waals surface area contributed by atoms with Crippen LogP contribution in [0.25, 0.3) is 0 Å². The zero-order valence-electron chi connectivity index (χ0n) is 9.06. The first kappa shape index (κ1) is 10.7. The molecule has 0 aromatic carbocycles. The number of hydrogen-bond donors (Lipinski definition) is 2. The monoisotopic (exact) mass is 213 g/mol. The lowest BCUT2D eigenvalue weighted by molar-refractivity contribution is -0.125. The Morgan fingerprint density at radius 3 is 3.07 bits per heavy atom. The Bertz CT molecular complexity index is 257. The van der Waals surface area contributed by atoms with Gasteiger partial charge < -0.3 is 20.2 Å². The summed E-state index contributed by atoms with van der Waals surface area (Å²) in [6.07, 6.45) is 4.67. The Labute approximate surface area is 90.0 Å². The number of fused-ring (bicyclic) bond motifs is 2. The molecule has 0 spiro atoms. The average molecular weight is 213 g/mol. The summed E-state index contributed by atoms with van der Waals surface area (Å²) in [5.41, 5.74) is 6.51. The number of ether oxygens (including phenoxy) is 2. The van der Waals surface area contributed by atoms with Crippen LogP contribution >= 0.6 is 0 Å². The van der Waals surface area contributed by atoms with Crippen molar-refractivity contribution in [2.45, 2.75) is 44.6 Å². The Kier molecular flexibility index (Phi) is 3.14. The molecular weight excluding hydrogens is 194 g/mol. The standard InChI is InChI=1S/C10H19N3O2/c1-2-7(11)5-13(12)9-4-3-8-6-14-10(9)15-8/h5,8-10H,2-4,6,11-12H2,1H3/b7-5-. The molecule has 4 N–H and O–H groups in total. The van der Waals surface area contributed by atoms with Gasteiger partial charge in [-0.25, -0.2) is 5.84 Å². The molecule has 15 heavy (non-hydrogen) atoms.